The smallest absolute Gasteiger partial charge is 0.167 e. The third-order valence-electron chi connectivity index (χ3n) is 6.67. The highest BCUT2D eigenvalue weighted by Crippen LogP contribution is 2.41. The number of carbonyl (C=O) groups is 3. The van der Waals surface area contributed by atoms with Gasteiger partial charge in [0.15, 0.2) is 5.78 Å². The molecule has 0 saturated carbocycles. The van der Waals surface area contributed by atoms with E-state index < -0.39 is 12.5 Å². The van der Waals surface area contributed by atoms with Gasteiger partial charge in [-0.1, -0.05) is 6.07 Å². The molecule has 3 unspecified atom stereocenters. The number of carbonyl (C=O) groups excluding carboxylic acids is 3. The van der Waals surface area contributed by atoms with Crippen LogP contribution in [0.25, 0.3) is 11.1 Å². The summed E-state index contributed by atoms with van der Waals surface area (Å²) in [5, 5.41) is 30.0. The summed E-state index contributed by atoms with van der Waals surface area (Å²) in [5.74, 6) is -2.05. The zero-order valence-electron chi connectivity index (χ0n) is 20.0. The fourth-order valence-electron chi connectivity index (χ4n) is 5.28. The Morgan fingerprint density at radius 3 is 2.38 bits per heavy atom. The summed E-state index contributed by atoms with van der Waals surface area (Å²) < 4.78 is 0. The van der Waals surface area contributed by atoms with Crippen LogP contribution in [0.2, 0.25) is 0 Å². The van der Waals surface area contributed by atoms with Crippen LogP contribution in [0.1, 0.15) is 59.9 Å². The predicted octanol–water partition coefficient (Wildman–Crippen LogP) is 3.36. The zero-order valence-corrected chi connectivity index (χ0v) is 20.0. The van der Waals surface area contributed by atoms with Crippen molar-refractivity contribution in [2.45, 2.75) is 52.9 Å². The van der Waals surface area contributed by atoms with E-state index in [0.29, 0.717) is 24.8 Å². The lowest BCUT2D eigenvalue weighted by atomic mass is 9.72. The number of Topliss-reactive ketones (excluding diaryl/α,β-unsaturated/α-hetero) is 3. The van der Waals surface area contributed by atoms with Crippen molar-refractivity contribution in [1.82, 2.24) is 4.98 Å². The van der Waals surface area contributed by atoms with Crippen molar-refractivity contribution < 1.29 is 29.7 Å². The molecule has 1 heterocycles. The lowest BCUT2D eigenvalue weighted by Gasteiger charge is -2.31. The van der Waals surface area contributed by atoms with Crippen LogP contribution >= 0.6 is 0 Å². The Balaban J connectivity index is 1.95. The van der Waals surface area contributed by atoms with Gasteiger partial charge in [-0.2, -0.15) is 0 Å². The minimum Gasteiger partial charge on any atom is -0.507 e. The van der Waals surface area contributed by atoms with Crippen LogP contribution in [0.5, 0.6) is 5.75 Å². The maximum absolute atomic E-state index is 13.1. The van der Waals surface area contributed by atoms with Crippen LogP contribution in [-0.2, 0) is 16.0 Å². The molecule has 1 aliphatic carbocycles. The number of aliphatic hydroxyl groups excluding tert-OH is 2. The minimum atomic E-state index is -0.762. The fourth-order valence-corrected chi connectivity index (χ4v) is 5.28. The van der Waals surface area contributed by atoms with Gasteiger partial charge in [0, 0.05) is 30.3 Å². The van der Waals surface area contributed by atoms with Gasteiger partial charge in [-0.3, -0.25) is 19.4 Å². The molecule has 0 saturated heterocycles. The first-order chi connectivity index (χ1) is 16.1. The van der Waals surface area contributed by atoms with Gasteiger partial charge in [0.25, 0.3) is 0 Å². The van der Waals surface area contributed by atoms with E-state index in [1.54, 1.807) is 6.07 Å². The number of aliphatic hydroxyl groups is 2. The van der Waals surface area contributed by atoms with Crippen LogP contribution in [0.15, 0.2) is 24.3 Å². The van der Waals surface area contributed by atoms with E-state index in [1.165, 1.54) is 6.92 Å². The van der Waals surface area contributed by atoms with Gasteiger partial charge in [-0.05, 0) is 86.8 Å². The molecule has 0 aliphatic heterocycles. The number of benzene rings is 1. The average molecular weight is 468 g/mol. The Morgan fingerprint density at radius 1 is 1.12 bits per heavy atom. The standard InChI is InChI=1S/C27H33NO6/c1-15-8-20(9-16(2)28-15)21-4-5-24(32)27-22(21)12-18(13-26(27)34)11-19(6-7-29)23(14-30)25(33)10-17(3)31/h4-5,8-9,18-19,23,29-30,32H,6-7,10-14H2,1-3H3. The first-order valence-electron chi connectivity index (χ1n) is 11.7. The van der Waals surface area contributed by atoms with E-state index in [9.17, 15) is 29.7 Å². The summed E-state index contributed by atoms with van der Waals surface area (Å²) in [5.41, 5.74) is 4.60. The number of phenols is 1. The highest BCUT2D eigenvalue weighted by molar-refractivity contribution is 6.03. The number of hydrogen-bond acceptors (Lipinski definition) is 7. The fraction of sp³-hybridized carbons (Fsp3) is 0.481. The second kappa shape index (κ2) is 11.0. The van der Waals surface area contributed by atoms with E-state index in [4.69, 9.17) is 0 Å². The van der Waals surface area contributed by atoms with Crippen molar-refractivity contribution >= 4 is 17.3 Å². The average Bonchev–Trinajstić information content (AvgIpc) is 2.73. The molecule has 0 fully saturated rings. The van der Waals surface area contributed by atoms with E-state index in [1.807, 2.05) is 32.0 Å². The molecule has 0 bridgehead atoms. The molecule has 7 heteroatoms. The van der Waals surface area contributed by atoms with Crippen LogP contribution in [0.4, 0.5) is 0 Å². The van der Waals surface area contributed by atoms with E-state index in [2.05, 4.69) is 4.98 Å². The first-order valence-corrected chi connectivity index (χ1v) is 11.7. The minimum absolute atomic E-state index is 0.0403. The molecule has 1 aromatic carbocycles. The number of aromatic hydroxyl groups is 1. The number of nitrogens with zero attached hydrogens (tertiary/aromatic N) is 1. The predicted molar refractivity (Wildman–Crippen MR) is 128 cm³/mol. The van der Waals surface area contributed by atoms with Crippen molar-refractivity contribution in [3.8, 4) is 16.9 Å². The molecule has 1 aliphatic rings. The summed E-state index contributed by atoms with van der Waals surface area (Å²) in [6, 6.07) is 7.26. The number of ketones is 3. The van der Waals surface area contributed by atoms with Crippen molar-refractivity contribution in [2.75, 3.05) is 13.2 Å². The molecule has 0 radical (unpaired) electrons. The summed E-state index contributed by atoms with van der Waals surface area (Å²) in [6.07, 6.45) is 1.22. The van der Waals surface area contributed by atoms with Gasteiger partial charge >= 0.3 is 0 Å². The molecule has 34 heavy (non-hydrogen) atoms. The largest absolute Gasteiger partial charge is 0.507 e. The maximum atomic E-state index is 13.1. The zero-order chi connectivity index (χ0) is 25.0. The Hall–Kier alpha value is -2.90. The van der Waals surface area contributed by atoms with Crippen molar-refractivity contribution in [2.24, 2.45) is 17.8 Å². The molecule has 0 amide bonds. The highest BCUT2D eigenvalue weighted by atomic mass is 16.3. The summed E-state index contributed by atoms with van der Waals surface area (Å²) in [7, 11) is 0. The second-order valence-corrected chi connectivity index (χ2v) is 9.46. The third-order valence-corrected chi connectivity index (χ3v) is 6.67. The molecule has 3 atom stereocenters. The molecular formula is C27H33NO6. The van der Waals surface area contributed by atoms with Gasteiger partial charge in [-0.15, -0.1) is 0 Å². The number of rotatable bonds is 10. The Morgan fingerprint density at radius 2 is 1.79 bits per heavy atom. The molecule has 182 valence electrons. The lowest BCUT2D eigenvalue weighted by Crippen LogP contribution is -2.32. The highest BCUT2D eigenvalue weighted by Gasteiger charge is 2.35. The van der Waals surface area contributed by atoms with Crippen LogP contribution in [0.3, 0.4) is 0 Å². The molecule has 3 rings (SSSR count). The maximum Gasteiger partial charge on any atom is 0.167 e. The van der Waals surface area contributed by atoms with Crippen LogP contribution in [-0.4, -0.2) is 50.9 Å². The van der Waals surface area contributed by atoms with Crippen molar-refractivity contribution in [3.63, 3.8) is 0 Å². The molecule has 1 aromatic heterocycles. The molecule has 7 nitrogen and oxygen atoms in total. The van der Waals surface area contributed by atoms with Crippen LogP contribution < -0.4 is 0 Å². The molecule has 3 N–H and O–H groups in total. The van der Waals surface area contributed by atoms with E-state index in [-0.39, 0.29) is 54.4 Å². The summed E-state index contributed by atoms with van der Waals surface area (Å²) in [4.78, 5) is 41.6. The molecule has 0 spiro atoms. The van der Waals surface area contributed by atoms with Crippen LogP contribution in [0, 0.1) is 31.6 Å². The topological polar surface area (TPSA) is 125 Å². The summed E-state index contributed by atoms with van der Waals surface area (Å²) >= 11 is 0. The quantitative estimate of drug-likeness (QED) is 0.458. The molecular weight excluding hydrogens is 434 g/mol. The number of aryl methyl sites for hydroxylation is 2. The third kappa shape index (κ3) is 5.77. The van der Waals surface area contributed by atoms with Gasteiger partial charge in [0.1, 0.15) is 17.3 Å². The number of phenolic OH excluding ortho intramolecular Hbond substituents is 1. The van der Waals surface area contributed by atoms with E-state index >= 15 is 0 Å². The monoisotopic (exact) mass is 467 g/mol. The first kappa shape index (κ1) is 25.7. The number of aromatic nitrogens is 1. The van der Waals surface area contributed by atoms with Crippen molar-refractivity contribution in [1.29, 1.82) is 0 Å². The molecule has 2 aromatic rings. The van der Waals surface area contributed by atoms with Gasteiger partial charge in [-0.25, -0.2) is 0 Å². The van der Waals surface area contributed by atoms with E-state index in [0.717, 1.165) is 28.1 Å². The van der Waals surface area contributed by atoms with Gasteiger partial charge in [0.05, 0.1) is 18.6 Å². The number of pyridine rings is 1. The Kier molecular flexibility index (Phi) is 8.33. The lowest BCUT2D eigenvalue weighted by molar-refractivity contribution is -0.131. The number of fused-ring (bicyclic) bond motifs is 1. The van der Waals surface area contributed by atoms with Gasteiger partial charge in [0.2, 0.25) is 0 Å². The SMILES string of the molecule is CC(=O)CC(=O)C(CO)C(CCO)CC1CC(=O)c2c(O)ccc(-c3cc(C)nc(C)c3)c2C1. The Bertz CT molecular complexity index is 1070. The van der Waals surface area contributed by atoms with Gasteiger partial charge < -0.3 is 15.3 Å². The second-order valence-electron chi connectivity index (χ2n) is 9.46. The normalized spacial score (nSPS) is 17.2. The number of hydrogen-bond donors (Lipinski definition) is 3. The summed E-state index contributed by atoms with van der Waals surface area (Å²) in [6.45, 7) is 4.58. The Labute approximate surface area is 199 Å². The van der Waals surface area contributed by atoms with Crippen molar-refractivity contribution in [3.05, 3.63) is 46.8 Å².